The molecule has 0 saturated heterocycles. The molecular formula is C12H21N5O3. The number of aliphatic hydroxyl groups excluding tert-OH is 1. The molecule has 0 unspecified atom stereocenters. The summed E-state index contributed by atoms with van der Waals surface area (Å²) in [6, 6.07) is 0. The molecule has 0 aliphatic heterocycles. The summed E-state index contributed by atoms with van der Waals surface area (Å²) in [5.74, 6) is 0.471. The van der Waals surface area contributed by atoms with Crippen molar-refractivity contribution in [2.45, 2.75) is 32.6 Å². The van der Waals surface area contributed by atoms with Crippen LogP contribution in [0.4, 0.5) is 17.3 Å². The maximum atomic E-state index is 11.1. The van der Waals surface area contributed by atoms with Gasteiger partial charge in [0.1, 0.15) is 6.33 Å². The highest BCUT2D eigenvalue weighted by Gasteiger charge is 2.21. The standard InChI is InChI=1S/C12H21N5O3/c1-2-13-11-10(17(19)20)12(16-9-15-11)14-7-5-3-4-6-8-18/h9,18H,2-8H2,1H3,(H2,13,14,15,16). The summed E-state index contributed by atoms with van der Waals surface area (Å²) < 4.78 is 0. The molecule has 8 heteroatoms. The van der Waals surface area contributed by atoms with Gasteiger partial charge in [-0.25, -0.2) is 9.97 Å². The molecule has 0 amide bonds. The smallest absolute Gasteiger partial charge is 0.353 e. The zero-order valence-electron chi connectivity index (χ0n) is 11.6. The van der Waals surface area contributed by atoms with Crippen molar-refractivity contribution in [2.24, 2.45) is 0 Å². The van der Waals surface area contributed by atoms with E-state index in [1.807, 2.05) is 6.92 Å². The normalized spacial score (nSPS) is 10.3. The van der Waals surface area contributed by atoms with Gasteiger partial charge in [0.15, 0.2) is 0 Å². The largest absolute Gasteiger partial charge is 0.396 e. The molecule has 0 bridgehead atoms. The van der Waals surface area contributed by atoms with Gasteiger partial charge in [-0.05, 0) is 19.8 Å². The summed E-state index contributed by atoms with van der Waals surface area (Å²) in [5, 5.41) is 25.6. The lowest BCUT2D eigenvalue weighted by Gasteiger charge is -2.08. The van der Waals surface area contributed by atoms with Gasteiger partial charge in [0, 0.05) is 19.7 Å². The number of aliphatic hydroxyl groups is 1. The van der Waals surface area contributed by atoms with E-state index in [4.69, 9.17) is 5.11 Å². The van der Waals surface area contributed by atoms with E-state index in [9.17, 15) is 10.1 Å². The van der Waals surface area contributed by atoms with Crippen molar-refractivity contribution >= 4 is 17.3 Å². The Labute approximate surface area is 117 Å². The van der Waals surface area contributed by atoms with Crippen molar-refractivity contribution in [3.63, 3.8) is 0 Å². The minimum absolute atomic E-state index is 0.121. The van der Waals surface area contributed by atoms with Crippen LogP contribution < -0.4 is 10.6 Å². The second-order valence-electron chi connectivity index (χ2n) is 4.27. The van der Waals surface area contributed by atoms with Crippen molar-refractivity contribution in [3.05, 3.63) is 16.4 Å². The first kappa shape index (κ1) is 16.1. The molecule has 0 aromatic carbocycles. The van der Waals surface area contributed by atoms with E-state index in [-0.39, 0.29) is 23.9 Å². The third-order valence-corrected chi connectivity index (χ3v) is 2.73. The van der Waals surface area contributed by atoms with Crippen LogP contribution in [-0.2, 0) is 0 Å². The number of nitro groups is 1. The number of hydrogen-bond donors (Lipinski definition) is 3. The van der Waals surface area contributed by atoms with E-state index < -0.39 is 4.92 Å². The predicted molar refractivity (Wildman–Crippen MR) is 76.9 cm³/mol. The molecule has 0 fully saturated rings. The van der Waals surface area contributed by atoms with E-state index in [2.05, 4.69) is 20.6 Å². The second-order valence-corrected chi connectivity index (χ2v) is 4.27. The zero-order valence-corrected chi connectivity index (χ0v) is 11.6. The van der Waals surface area contributed by atoms with Crippen LogP contribution in [0.15, 0.2) is 6.33 Å². The van der Waals surface area contributed by atoms with Crippen molar-refractivity contribution in [1.29, 1.82) is 0 Å². The van der Waals surface area contributed by atoms with Gasteiger partial charge in [-0.1, -0.05) is 12.8 Å². The Balaban J connectivity index is 2.60. The van der Waals surface area contributed by atoms with Crippen molar-refractivity contribution in [2.75, 3.05) is 30.3 Å². The molecule has 0 atom stereocenters. The van der Waals surface area contributed by atoms with E-state index in [0.717, 1.165) is 25.7 Å². The fraction of sp³-hybridized carbons (Fsp3) is 0.667. The van der Waals surface area contributed by atoms with Crippen molar-refractivity contribution in [3.8, 4) is 0 Å². The quantitative estimate of drug-likeness (QED) is 0.341. The molecular weight excluding hydrogens is 262 g/mol. The van der Waals surface area contributed by atoms with Gasteiger partial charge in [0.2, 0.25) is 11.6 Å². The first-order chi connectivity index (χ1) is 9.70. The predicted octanol–water partition coefficient (Wildman–Crippen LogP) is 1.78. The Morgan fingerprint density at radius 2 is 1.85 bits per heavy atom. The molecule has 0 aliphatic rings. The lowest BCUT2D eigenvalue weighted by atomic mass is 10.2. The van der Waals surface area contributed by atoms with Crippen LogP contribution in [0.5, 0.6) is 0 Å². The topological polar surface area (TPSA) is 113 Å². The fourth-order valence-corrected chi connectivity index (χ4v) is 1.78. The van der Waals surface area contributed by atoms with E-state index >= 15 is 0 Å². The number of nitrogens with one attached hydrogen (secondary N) is 2. The third-order valence-electron chi connectivity index (χ3n) is 2.73. The van der Waals surface area contributed by atoms with Crippen LogP contribution in [0.25, 0.3) is 0 Å². The molecule has 3 N–H and O–H groups in total. The van der Waals surface area contributed by atoms with Crippen LogP contribution in [0, 0.1) is 10.1 Å². The summed E-state index contributed by atoms with van der Waals surface area (Å²) in [6.07, 6.45) is 4.88. The molecule has 0 aliphatic carbocycles. The number of nitrogens with zero attached hydrogens (tertiary/aromatic N) is 3. The Kier molecular flexibility index (Phi) is 7.26. The van der Waals surface area contributed by atoms with Gasteiger partial charge >= 0.3 is 5.69 Å². The fourth-order valence-electron chi connectivity index (χ4n) is 1.78. The average Bonchev–Trinajstić information content (AvgIpc) is 2.43. The Morgan fingerprint density at radius 3 is 2.45 bits per heavy atom. The summed E-state index contributed by atoms with van der Waals surface area (Å²) in [7, 11) is 0. The van der Waals surface area contributed by atoms with Crippen LogP contribution >= 0.6 is 0 Å². The highest BCUT2D eigenvalue weighted by Crippen LogP contribution is 2.28. The van der Waals surface area contributed by atoms with Crippen molar-refractivity contribution < 1.29 is 10.0 Å². The lowest BCUT2D eigenvalue weighted by Crippen LogP contribution is -2.10. The van der Waals surface area contributed by atoms with Crippen LogP contribution in [0.2, 0.25) is 0 Å². The molecule has 1 aromatic heterocycles. The molecule has 1 rings (SSSR count). The highest BCUT2D eigenvalue weighted by atomic mass is 16.6. The summed E-state index contributed by atoms with van der Waals surface area (Å²) >= 11 is 0. The molecule has 20 heavy (non-hydrogen) atoms. The minimum Gasteiger partial charge on any atom is -0.396 e. The minimum atomic E-state index is -0.480. The Morgan fingerprint density at radius 1 is 1.20 bits per heavy atom. The molecule has 1 heterocycles. The van der Waals surface area contributed by atoms with Gasteiger partial charge in [-0.2, -0.15) is 0 Å². The van der Waals surface area contributed by atoms with Crippen LogP contribution in [0.3, 0.4) is 0 Å². The van der Waals surface area contributed by atoms with Gasteiger partial charge in [0.05, 0.1) is 4.92 Å². The summed E-state index contributed by atoms with van der Waals surface area (Å²) in [4.78, 5) is 18.4. The second kappa shape index (κ2) is 9.03. The maximum absolute atomic E-state index is 11.1. The number of unbranched alkanes of at least 4 members (excludes halogenated alkanes) is 3. The van der Waals surface area contributed by atoms with Gasteiger partial charge < -0.3 is 15.7 Å². The van der Waals surface area contributed by atoms with E-state index in [1.54, 1.807) is 0 Å². The lowest BCUT2D eigenvalue weighted by molar-refractivity contribution is -0.383. The number of aromatic nitrogens is 2. The molecule has 0 spiro atoms. The average molecular weight is 283 g/mol. The van der Waals surface area contributed by atoms with Gasteiger partial charge in [-0.15, -0.1) is 0 Å². The summed E-state index contributed by atoms with van der Waals surface area (Å²) in [6.45, 7) is 3.21. The first-order valence-corrected chi connectivity index (χ1v) is 6.78. The Hall–Kier alpha value is -1.96. The van der Waals surface area contributed by atoms with Crippen molar-refractivity contribution in [1.82, 2.24) is 9.97 Å². The van der Waals surface area contributed by atoms with Crippen LogP contribution in [-0.4, -0.2) is 39.7 Å². The van der Waals surface area contributed by atoms with E-state index in [0.29, 0.717) is 13.1 Å². The third kappa shape index (κ3) is 4.96. The molecule has 8 nitrogen and oxygen atoms in total. The molecule has 0 saturated carbocycles. The zero-order chi connectivity index (χ0) is 14.8. The van der Waals surface area contributed by atoms with E-state index in [1.165, 1.54) is 6.33 Å². The monoisotopic (exact) mass is 283 g/mol. The molecule has 1 aromatic rings. The maximum Gasteiger partial charge on any atom is 0.353 e. The van der Waals surface area contributed by atoms with Gasteiger partial charge in [0.25, 0.3) is 0 Å². The number of rotatable bonds is 10. The number of anilines is 2. The first-order valence-electron chi connectivity index (χ1n) is 6.78. The Bertz CT molecular complexity index is 428. The van der Waals surface area contributed by atoms with Gasteiger partial charge in [-0.3, -0.25) is 10.1 Å². The highest BCUT2D eigenvalue weighted by molar-refractivity contribution is 5.69. The summed E-state index contributed by atoms with van der Waals surface area (Å²) in [5.41, 5.74) is -0.121. The molecule has 0 radical (unpaired) electrons. The number of hydrogen-bond acceptors (Lipinski definition) is 7. The SMILES string of the molecule is CCNc1ncnc(NCCCCCCO)c1[N+](=O)[O-]. The molecule has 112 valence electrons. The van der Waals surface area contributed by atoms with Crippen LogP contribution in [0.1, 0.15) is 32.6 Å².